The molecule has 2 aromatic rings. The first-order valence-electron chi connectivity index (χ1n) is 11.2. The van der Waals surface area contributed by atoms with E-state index < -0.39 is 5.97 Å². The Morgan fingerprint density at radius 1 is 1.00 bits per heavy atom. The van der Waals surface area contributed by atoms with E-state index >= 15 is 0 Å². The van der Waals surface area contributed by atoms with Gasteiger partial charge in [0.1, 0.15) is 17.1 Å². The fraction of sp³-hybridized carbons (Fsp3) is 0.111. The van der Waals surface area contributed by atoms with Gasteiger partial charge in [0.05, 0.1) is 5.56 Å². The van der Waals surface area contributed by atoms with Gasteiger partial charge in [0.15, 0.2) is 10.5 Å². The number of thiocarbonyl (C=S) groups is 1. The van der Waals surface area contributed by atoms with Crippen LogP contribution in [0.1, 0.15) is 17.3 Å². The zero-order valence-electron chi connectivity index (χ0n) is 19.8. The number of carbonyl (C=O) groups excluding carboxylic acids is 1. The minimum atomic E-state index is -1.17. The first kappa shape index (κ1) is 25.4. The van der Waals surface area contributed by atoms with Crippen LogP contribution in [0.5, 0.6) is 5.75 Å². The molecule has 1 amide bonds. The molecule has 0 saturated heterocycles. The molecule has 188 valence electrons. The molecule has 9 nitrogen and oxygen atoms in total. The van der Waals surface area contributed by atoms with E-state index in [0.717, 1.165) is 0 Å². The van der Waals surface area contributed by atoms with Crippen LogP contribution >= 0.6 is 12.2 Å². The number of aromatic hydroxyl groups is 1. The summed E-state index contributed by atoms with van der Waals surface area (Å²) in [4.78, 5) is 35.8. The van der Waals surface area contributed by atoms with Crippen molar-refractivity contribution in [2.24, 2.45) is 0 Å². The van der Waals surface area contributed by atoms with Crippen LogP contribution in [0, 0.1) is 0 Å². The Morgan fingerprint density at radius 2 is 1.73 bits per heavy atom. The molecule has 1 aliphatic heterocycles. The molecule has 5 N–H and O–H groups in total. The number of nitrogens with one attached hydrogen (secondary N) is 3. The van der Waals surface area contributed by atoms with Gasteiger partial charge >= 0.3 is 5.97 Å². The van der Waals surface area contributed by atoms with Crippen LogP contribution in [0.4, 0.5) is 5.69 Å². The SMILES string of the molecule is C=C(C)C(=O)NCCNC(=S)Nc1ccc(-c2c3ccc(=O)cc-3oc3cc(O)ccc23)c(C(=O)O)c1. The average molecular weight is 518 g/mol. The molecule has 0 saturated carbocycles. The van der Waals surface area contributed by atoms with Gasteiger partial charge < -0.3 is 30.6 Å². The van der Waals surface area contributed by atoms with Gasteiger partial charge in [-0.2, -0.15) is 0 Å². The van der Waals surface area contributed by atoms with Crippen molar-refractivity contribution in [2.45, 2.75) is 6.92 Å². The third-order valence-corrected chi connectivity index (χ3v) is 5.78. The summed E-state index contributed by atoms with van der Waals surface area (Å²) >= 11 is 5.29. The molecule has 0 bridgehead atoms. The maximum Gasteiger partial charge on any atom is 0.336 e. The number of fused-ring (bicyclic) bond motifs is 2. The fourth-order valence-corrected chi connectivity index (χ4v) is 4.06. The van der Waals surface area contributed by atoms with E-state index in [1.165, 1.54) is 30.3 Å². The molecule has 1 aliphatic carbocycles. The first-order chi connectivity index (χ1) is 17.6. The van der Waals surface area contributed by atoms with Gasteiger partial charge in [0, 0.05) is 53.0 Å². The van der Waals surface area contributed by atoms with Crippen LogP contribution in [-0.4, -0.2) is 40.3 Å². The zero-order chi connectivity index (χ0) is 26.7. The van der Waals surface area contributed by atoms with Crippen LogP contribution in [0.25, 0.3) is 33.4 Å². The molecular weight excluding hydrogens is 494 g/mol. The Balaban J connectivity index is 1.68. The number of phenolic OH excluding ortho intramolecular Hbond substituents is 1. The maximum absolute atomic E-state index is 12.3. The Hall–Kier alpha value is -4.70. The highest BCUT2D eigenvalue weighted by Crippen LogP contribution is 2.42. The van der Waals surface area contributed by atoms with Crippen molar-refractivity contribution >= 4 is 45.9 Å². The molecule has 1 heterocycles. The van der Waals surface area contributed by atoms with Crippen LogP contribution in [0.15, 0.2) is 76.0 Å². The van der Waals surface area contributed by atoms with Crippen molar-refractivity contribution < 1.29 is 24.2 Å². The molecule has 0 unspecified atom stereocenters. The summed E-state index contributed by atoms with van der Waals surface area (Å²) < 4.78 is 5.85. The average Bonchev–Trinajstić information content (AvgIpc) is 2.84. The van der Waals surface area contributed by atoms with Crippen molar-refractivity contribution in [1.82, 2.24) is 10.6 Å². The van der Waals surface area contributed by atoms with Crippen LogP contribution in [-0.2, 0) is 4.79 Å². The second-order valence-electron chi connectivity index (χ2n) is 8.30. The van der Waals surface area contributed by atoms with Gasteiger partial charge in [0.2, 0.25) is 5.91 Å². The molecular formula is C27H23N3O6S. The number of phenols is 1. The monoisotopic (exact) mass is 517 g/mol. The number of hydrogen-bond acceptors (Lipinski definition) is 6. The van der Waals surface area contributed by atoms with Crippen LogP contribution < -0.4 is 21.4 Å². The highest BCUT2D eigenvalue weighted by molar-refractivity contribution is 7.80. The smallest absolute Gasteiger partial charge is 0.336 e. The van der Waals surface area contributed by atoms with E-state index in [1.807, 2.05) is 0 Å². The molecule has 0 atom stereocenters. The van der Waals surface area contributed by atoms with E-state index in [9.17, 15) is 24.6 Å². The summed E-state index contributed by atoms with van der Waals surface area (Å²) in [5.41, 5.74) is 2.38. The molecule has 0 fully saturated rings. The van der Waals surface area contributed by atoms with Gasteiger partial charge in [-0.1, -0.05) is 12.6 Å². The topological polar surface area (TPSA) is 141 Å². The molecule has 0 radical (unpaired) electrons. The summed E-state index contributed by atoms with van der Waals surface area (Å²) in [6.07, 6.45) is 0. The van der Waals surface area contributed by atoms with E-state index in [2.05, 4.69) is 22.5 Å². The maximum atomic E-state index is 12.3. The predicted molar refractivity (Wildman–Crippen MR) is 145 cm³/mol. The third-order valence-electron chi connectivity index (χ3n) is 5.54. The molecule has 0 aromatic heterocycles. The largest absolute Gasteiger partial charge is 0.508 e. The summed E-state index contributed by atoms with van der Waals surface area (Å²) in [7, 11) is 0. The second kappa shape index (κ2) is 10.5. The van der Waals surface area contributed by atoms with Gasteiger partial charge in [-0.3, -0.25) is 9.59 Å². The van der Waals surface area contributed by atoms with Crippen LogP contribution in [0.2, 0.25) is 0 Å². The Kier molecular flexibility index (Phi) is 7.21. The van der Waals surface area contributed by atoms with Crippen molar-refractivity contribution in [2.75, 3.05) is 18.4 Å². The van der Waals surface area contributed by atoms with E-state index in [-0.39, 0.29) is 33.5 Å². The Bertz CT molecular complexity index is 1590. The summed E-state index contributed by atoms with van der Waals surface area (Å²) in [6.45, 7) is 5.86. The lowest BCUT2D eigenvalue weighted by Gasteiger charge is -2.18. The summed E-state index contributed by atoms with van der Waals surface area (Å²) in [5.74, 6) is -1.18. The lowest BCUT2D eigenvalue weighted by Crippen LogP contribution is -2.36. The van der Waals surface area contributed by atoms with Crippen LogP contribution in [0.3, 0.4) is 0 Å². The molecule has 0 spiro atoms. The number of aromatic carboxylic acids is 1. The lowest BCUT2D eigenvalue weighted by atomic mass is 9.90. The quantitative estimate of drug-likeness (QED) is 0.107. The number of carbonyl (C=O) groups is 2. The van der Waals surface area contributed by atoms with Crippen molar-refractivity contribution in [3.8, 4) is 28.2 Å². The minimum Gasteiger partial charge on any atom is -0.508 e. The summed E-state index contributed by atoms with van der Waals surface area (Å²) in [5, 5.41) is 29.4. The Morgan fingerprint density at radius 3 is 2.46 bits per heavy atom. The van der Waals surface area contributed by atoms with Gasteiger partial charge in [0.25, 0.3) is 0 Å². The molecule has 2 aromatic carbocycles. The predicted octanol–water partition coefficient (Wildman–Crippen LogP) is 3.95. The molecule has 10 heteroatoms. The number of hydrogen-bond donors (Lipinski definition) is 5. The van der Waals surface area contributed by atoms with Gasteiger partial charge in [-0.25, -0.2) is 4.79 Å². The Labute approximate surface area is 216 Å². The highest BCUT2D eigenvalue weighted by Gasteiger charge is 2.22. The van der Waals surface area contributed by atoms with Crippen molar-refractivity contribution in [3.63, 3.8) is 0 Å². The molecule has 37 heavy (non-hydrogen) atoms. The van der Waals surface area contributed by atoms with E-state index in [0.29, 0.717) is 52.0 Å². The summed E-state index contributed by atoms with van der Waals surface area (Å²) in [6, 6.07) is 13.6. The highest BCUT2D eigenvalue weighted by atomic mass is 32.1. The standard InChI is InChI=1S/C27H23N3O6S/c1-14(2)25(33)28-9-10-29-27(37)30-15-3-6-18(21(11-15)26(34)35)24-19-7-4-16(31)12-22(19)36-23-13-17(32)5-8-20(23)24/h3-8,11-13,31H,1,9-10H2,2H3,(H,28,33)(H,34,35)(H2,29,30,37). The van der Waals surface area contributed by atoms with Gasteiger partial charge in [-0.15, -0.1) is 0 Å². The second-order valence-corrected chi connectivity index (χ2v) is 8.71. The number of anilines is 1. The fourth-order valence-electron chi connectivity index (χ4n) is 3.84. The lowest BCUT2D eigenvalue weighted by molar-refractivity contribution is -0.117. The molecule has 4 rings (SSSR count). The minimum absolute atomic E-state index is 0.00500. The number of carboxylic acids is 1. The molecule has 2 aliphatic rings. The number of rotatable bonds is 7. The first-order valence-corrected chi connectivity index (χ1v) is 11.6. The van der Waals surface area contributed by atoms with E-state index in [4.69, 9.17) is 16.6 Å². The zero-order valence-corrected chi connectivity index (χ0v) is 20.6. The van der Waals surface area contributed by atoms with Gasteiger partial charge in [-0.05, 0) is 61.1 Å². The van der Waals surface area contributed by atoms with Crippen molar-refractivity contribution in [3.05, 3.63) is 82.5 Å². The normalized spacial score (nSPS) is 10.7. The number of benzene rings is 3. The van der Waals surface area contributed by atoms with E-state index in [1.54, 1.807) is 31.2 Å². The third kappa shape index (κ3) is 5.60. The number of carboxylic acid groups (broad SMARTS) is 1. The van der Waals surface area contributed by atoms with Crippen molar-refractivity contribution in [1.29, 1.82) is 0 Å². The number of amides is 1.